The molecule has 0 saturated carbocycles. The third-order valence-electron chi connectivity index (χ3n) is 2.49. The zero-order valence-electron chi connectivity index (χ0n) is 10.1. The number of hydrogen-bond donors (Lipinski definition) is 1. The van der Waals surface area contributed by atoms with Crippen LogP contribution < -0.4 is 4.74 Å². The van der Waals surface area contributed by atoms with Gasteiger partial charge in [0.1, 0.15) is 23.0 Å². The maximum Gasteiger partial charge on any atom is 0.148 e. The van der Waals surface area contributed by atoms with E-state index in [2.05, 4.69) is 4.99 Å². The van der Waals surface area contributed by atoms with E-state index in [-0.39, 0.29) is 11.4 Å². The van der Waals surface area contributed by atoms with E-state index in [0.717, 1.165) is 0 Å². The minimum Gasteiger partial charge on any atom is -0.507 e. The van der Waals surface area contributed by atoms with Crippen molar-refractivity contribution in [2.45, 2.75) is 0 Å². The van der Waals surface area contributed by atoms with Crippen LogP contribution >= 0.6 is 11.6 Å². The minimum absolute atomic E-state index is 0.0342. The van der Waals surface area contributed by atoms with Crippen molar-refractivity contribution in [3.63, 3.8) is 0 Å². The summed E-state index contributed by atoms with van der Waals surface area (Å²) in [6.07, 6.45) is 1.35. The molecule has 0 aliphatic heterocycles. The van der Waals surface area contributed by atoms with Gasteiger partial charge in [-0.15, -0.1) is 0 Å². The first-order chi connectivity index (χ1) is 9.10. The van der Waals surface area contributed by atoms with Gasteiger partial charge in [0.25, 0.3) is 0 Å². The second kappa shape index (κ2) is 5.71. The van der Waals surface area contributed by atoms with Gasteiger partial charge in [-0.3, -0.25) is 4.99 Å². The van der Waals surface area contributed by atoms with Crippen molar-refractivity contribution in [2.24, 2.45) is 4.99 Å². The summed E-state index contributed by atoms with van der Waals surface area (Å²) in [5.74, 6) is 0.126. The van der Waals surface area contributed by atoms with Crippen LogP contribution in [0.25, 0.3) is 0 Å². The Balaban J connectivity index is 2.34. The van der Waals surface area contributed by atoms with Gasteiger partial charge in [-0.2, -0.15) is 0 Å². The van der Waals surface area contributed by atoms with E-state index in [1.807, 2.05) is 0 Å². The van der Waals surface area contributed by atoms with Gasteiger partial charge in [0, 0.05) is 16.8 Å². The molecule has 0 heterocycles. The van der Waals surface area contributed by atoms with Gasteiger partial charge in [-0.1, -0.05) is 11.6 Å². The first-order valence-electron chi connectivity index (χ1n) is 5.46. The molecule has 0 aliphatic carbocycles. The zero-order chi connectivity index (χ0) is 13.8. The molecule has 2 rings (SSSR count). The lowest BCUT2D eigenvalue weighted by atomic mass is 10.2. The molecule has 5 heteroatoms. The summed E-state index contributed by atoms with van der Waals surface area (Å²) in [5.41, 5.74) is 0.536. The number of aliphatic imine (C=N–C) groups is 1. The van der Waals surface area contributed by atoms with Gasteiger partial charge in [-0.25, -0.2) is 4.39 Å². The molecule has 19 heavy (non-hydrogen) atoms. The van der Waals surface area contributed by atoms with Crippen LogP contribution in [0.5, 0.6) is 11.5 Å². The van der Waals surface area contributed by atoms with Gasteiger partial charge in [0.05, 0.1) is 7.11 Å². The molecule has 0 aromatic heterocycles. The van der Waals surface area contributed by atoms with E-state index in [1.54, 1.807) is 12.1 Å². The van der Waals surface area contributed by atoms with Crippen molar-refractivity contribution in [3.8, 4) is 11.5 Å². The third kappa shape index (κ3) is 3.23. The van der Waals surface area contributed by atoms with Crippen molar-refractivity contribution >= 4 is 23.5 Å². The number of phenolic OH excluding ortho intramolecular Hbond substituents is 1. The number of nitrogens with zero attached hydrogens (tertiary/aromatic N) is 1. The fourth-order valence-electron chi connectivity index (χ4n) is 1.49. The first-order valence-corrected chi connectivity index (χ1v) is 5.84. The van der Waals surface area contributed by atoms with Crippen LogP contribution in [0.3, 0.4) is 0 Å². The number of hydrogen-bond acceptors (Lipinski definition) is 3. The van der Waals surface area contributed by atoms with Crippen LogP contribution in [0, 0.1) is 5.82 Å². The number of phenols is 1. The van der Waals surface area contributed by atoms with E-state index in [0.29, 0.717) is 16.3 Å². The molecular formula is C14H11ClFNO2. The summed E-state index contributed by atoms with van der Waals surface area (Å²) in [6, 6.07) is 8.78. The van der Waals surface area contributed by atoms with E-state index < -0.39 is 5.82 Å². The predicted molar refractivity (Wildman–Crippen MR) is 73.3 cm³/mol. The van der Waals surface area contributed by atoms with E-state index >= 15 is 0 Å². The van der Waals surface area contributed by atoms with Gasteiger partial charge in [-0.05, 0) is 36.4 Å². The Labute approximate surface area is 114 Å². The summed E-state index contributed by atoms with van der Waals surface area (Å²) in [7, 11) is 1.52. The van der Waals surface area contributed by atoms with E-state index in [9.17, 15) is 9.50 Å². The topological polar surface area (TPSA) is 41.8 Å². The third-order valence-corrected chi connectivity index (χ3v) is 2.72. The molecule has 2 aromatic rings. The summed E-state index contributed by atoms with van der Waals surface area (Å²) in [4.78, 5) is 3.97. The van der Waals surface area contributed by atoms with Crippen molar-refractivity contribution in [3.05, 3.63) is 52.8 Å². The molecule has 0 unspecified atom stereocenters. The molecule has 0 atom stereocenters. The molecule has 0 radical (unpaired) electrons. The minimum atomic E-state index is -0.483. The number of halogens is 2. The number of benzene rings is 2. The lowest BCUT2D eigenvalue weighted by Gasteiger charge is -2.03. The Morgan fingerprint density at radius 1 is 1.26 bits per heavy atom. The number of methoxy groups -OCH3 is 1. The molecule has 2 aromatic carbocycles. The molecular weight excluding hydrogens is 269 g/mol. The summed E-state index contributed by atoms with van der Waals surface area (Å²) in [5, 5.41) is 10.1. The Morgan fingerprint density at radius 3 is 2.79 bits per heavy atom. The highest BCUT2D eigenvalue weighted by atomic mass is 35.5. The monoisotopic (exact) mass is 279 g/mol. The van der Waals surface area contributed by atoms with E-state index in [4.69, 9.17) is 16.3 Å². The van der Waals surface area contributed by atoms with Gasteiger partial charge in [0.15, 0.2) is 0 Å². The van der Waals surface area contributed by atoms with Gasteiger partial charge >= 0.3 is 0 Å². The van der Waals surface area contributed by atoms with Crippen molar-refractivity contribution in [1.82, 2.24) is 0 Å². The Morgan fingerprint density at radius 2 is 2.05 bits per heavy atom. The Hall–Kier alpha value is -2.07. The number of rotatable bonds is 3. The predicted octanol–water partition coefficient (Wildman–Crippen LogP) is 3.94. The van der Waals surface area contributed by atoms with Crippen molar-refractivity contribution in [2.75, 3.05) is 7.11 Å². The van der Waals surface area contributed by atoms with Crippen LogP contribution in [0.4, 0.5) is 10.1 Å². The molecule has 0 amide bonds. The Kier molecular flexibility index (Phi) is 4.02. The SMILES string of the molecule is COc1ccc(O)c(C=Nc2cc(Cl)ccc2F)c1. The smallest absolute Gasteiger partial charge is 0.148 e. The summed E-state index contributed by atoms with van der Waals surface area (Å²) in [6.45, 7) is 0. The largest absolute Gasteiger partial charge is 0.507 e. The quantitative estimate of drug-likeness (QED) is 0.865. The Bertz CT molecular complexity index is 629. The lowest BCUT2D eigenvalue weighted by molar-refractivity contribution is 0.412. The standard InChI is InChI=1S/C14H11ClFNO2/c1-19-11-3-5-14(18)9(6-11)8-17-13-7-10(15)2-4-12(13)16/h2-8,18H,1H3. The number of ether oxygens (including phenoxy) is 1. The fourth-order valence-corrected chi connectivity index (χ4v) is 1.65. The summed E-state index contributed by atoms with van der Waals surface area (Å²) < 4.78 is 18.5. The molecule has 1 N–H and O–H groups in total. The summed E-state index contributed by atoms with van der Waals surface area (Å²) >= 11 is 5.77. The highest BCUT2D eigenvalue weighted by molar-refractivity contribution is 6.30. The van der Waals surface area contributed by atoms with Crippen LogP contribution in [0.2, 0.25) is 5.02 Å². The second-order valence-electron chi connectivity index (χ2n) is 3.78. The van der Waals surface area contributed by atoms with Crippen LogP contribution in [-0.4, -0.2) is 18.4 Å². The molecule has 0 saturated heterocycles. The molecule has 0 aliphatic rings. The highest BCUT2D eigenvalue weighted by Gasteiger charge is 2.03. The number of aromatic hydroxyl groups is 1. The van der Waals surface area contributed by atoms with E-state index in [1.165, 1.54) is 37.6 Å². The highest BCUT2D eigenvalue weighted by Crippen LogP contribution is 2.25. The molecule has 3 nitrogen and oxygen atoms in total. The molecule has 98 valence electrons. The zero-order valence-corrected chi connectivity index (χ0v) is 10.9. The first kappa shape index (κ1) is 13.4. The maximum atomic E-state index is 13.5. The van der Waals surface area contributed by atoms with Gasteiger partial charge in [0.2, 0.25) is 0 Å². The lowest BCUT2D eigenvalue weighted by Crippen LogP contribution is -1.87. The normalized spacial score (nSPS) is 10.9. The molecule has 0 bridgehead atoms. The van der Waals surface area contributed by atoms with Crippen LogP contribution in [0.1, 0.15) is 5.56 Å². The molecule has 0 spiro atoms. The fraction of sp³-hybridized carbons (Fsp3) is 0.0714. The van der Waals surface area contributed by atoms with Crippen LogP contribution in [0.15, 0.2) is 41.4 Å². The van der Waals surface area contributed by atoms with Crippen LogP contribution in [-0.2, 0) is 0 Å². The van der Waals surface area contributed by atoms with Crippen molar-refractivity contribution in [1.29, 1.82) is 0 Å². The second-order valence-corrected chi connectivity index (χ2v) is 4.22. The average molecular weight is 280 g/mol. The average Bonchev–Trinajstić information content (AvgIpc) is 2.41. The molecule has 0 fully saturated rings. The van der Waals surface area contributed by atoms with Gasteiger partial charge < -0.3 is 9.84 Å². The maximum absolute atomic E-state index is 13.5. The van der Waals surface area contributed by atoms with Crippen molar-refractivity contribution < 1.29 is 14.2 Å².